The Morgan fingerprint density at radius 2 is 1.96 bits per heavy atom. The maximum atomic E-state index is 13.6. The summed E-state index contributed by atoms with van der Waals surface area (Å²) >= 11 is 0. The Morgan fingerprint density at radius 3 is 2.64 bits per heavy atom. The Kier molecular flexibility index (Phi) is 4.72. The zero-order chi connectivity index (χ0) is 20.2. The van der Waals surface area contributed by atoms with Gasteiger partial charge in [0.05, 0.1) is 23.5 Å². The summed E-state index contributed by atoms with van der Waals surface area (Å²) in [4.78, 5) is 29.2. The summed E-state index contributed by atoms with van der Waals surface area (Å²) in [5.41, 5.74) is 1.86. The third-order valence-electron chi connectivity index (χ3n) is 6.37. The Morgan fingerprint density at radius 1 is 1.21 bits per heavy atom. The largest absolute Gasteiger partial charge is 0.338 e. The second kappa shape index (κ2) is 6.83. The van der Waals surface area contributed by atoms with E-state index in [1.165, 1.54) is 12.1 Å². The highest BCUT2D eigenvalue weighted by Gasteiger charge is 2.45. The van der Waals surface area contributed by atoms with E-state index in [4.69, 9.17) is 0 Å². The summed E-state index contributed by atoms with van der Waals surface area (Å²) in [7, 11) is -3.09. The lowest BCUT2D eigenvalue weighted by atomic mass is 9.88. The molecule has 0 aliphatic carbocycles. The summed E-state index contributed by atoms with van der Waals surface area (Å²) in [6, 6.07) is 4.09. The van der Waals surface area contributed by atoms with Gasteiger partial charge in [-0.05, 0) is 49.9 Å². The van der Waals surface area contributed by atoms with Crippen LogP contribution in [0.15, 0.2) is 18.2 Å². The summed E-state index contributed by atoms with van der Waals surface area (Å²) in [6.45, 7) is 4.16. The fraction of sp³-hybridized carbons (Fsp3) is 0.600. The number of benzene rings is 1. The van der Waals surface area contributed by atoms with E-state index in [0.717, 1.165) is 11.1 Å². The van der Waals surface area contributed by atoms with Gasteiger partial charge in [-0.15, -0.1) is 0 Å². The van der Waals surface area contributed by atoms with Crippen molar-refractivity contribution in [1.82, 2.24) is 9.80 Å². The molecule has 1 aromatic carbocycles. The molecule has 0 saturated carbocycles. The summed E-state index contributed by atoms with van der Waals surface area (Å²) < 4.78 is 37.1. The molecule has 0 radical (unpaired) electrons. The number of rotatable bonds is 2. The SMILES string of the molecule is CC1Cc2cc(F)ccc2C(C)N1C(=O)C1CC(=O)N(C2CCS(=O)(=O)C2)C1. The molecule has 2 fully saturated rings. The highest BCUT2D eigenvalue weighted by molar-refractivity contribution is 7.91. The van der Waals surface area contributed by atoms with Gasteiger partial charge in [0.25, 0.3) is 0 Å². The van der Waals surface area contributed by atoms with Crippen molar-refractivity contribution in [3.63, 3.8) is 0 Å². The van der Waals surface area contributed by atoms with E-state index in [9.17, 15) is 22.4 Å². The quantitative estimate of drug-likeness (QED) is 0.747. The average Bonchev–Trinajstić information content (AvgIpc) is 3.16. The van der Waals surface area contributed by atoms with Crippen molar-refractivity contribution < 1.29 is 22.4 Å². The predicted octanol–water partition coefficient (Wildman–Crippen LogP) is 1.70. The normalized spacial score (nSPS) is 31.9. The molecule has 4 atom stereocenters. The number of nitrogens with zero attached hydrogens (tertiary/aromatic N) is 2. The van der Waals surface area contributed by atoms with Crippen LogP contribution in [0.1, 0.15) is 43.9 Å². The smallest absolute Gasteiger partial charge is 0.228 e. The van der Waals surface area contributed by atoms with Crippen molar-refractivity contribution in [2.75, 3.05) is 18.1 Å². The van der Waals surface area contributed by atoms with Crippen molar-refractivity contribution in [2.24, 2.45) is 5.92 Å². The van der Waals surface area contributed by atoms with E-state index in [2.05, 4.69) is 0 Å². The minimum absolute atomic E-state index is 0.00485. The molecule has 0 spiro atoms. The third-order valence-corrected chi connectivity index (χ3v) is 8.12. The summed E-state index contributed by atoms with van der Waals surface area (Å²) in [6.07, 6.45) is 1.15. The zero-order valence-electron chi connectivity index (χ0n) is 16.1. The van der Waals surface area contributed by atoms with Gasteiger partial charge in [0.15, 0.2) is 9.84 Å². The Hall–Kier alpha value is -1.96. The lowest BCUT2D eigenvalue weighted by Gasteiger charge is -2.41. The van der Waals surface area contributed by atoms with Crippen LogP contribution >= 0.6 is 0 Å². The van der Waals surface area contributed by atoms with E-state index in [0.29, 0.717) is 12.8 Å². The highest BCUT2D eigenvalue weighted by Crippen LogP contribution is 2.36. The summed E-state index contributed by atoms with van der Waals surface area (Å²) in [5.74, 6) is -0.848. The van der Waals surface area contributed by atoms with Gasteiger partial charge < -0.3 is 9.80 Å². The molecule has 4 unspecified atom stereocenters. The topological polar surface area (TPSA) is 74.8 Å². The van der Waals surface area contributed by atoms with E-state index in [1.54, 1.807) is 11.0 Å². The molecule has 8 heteroatoms. The molecule has 0 bridgehead atoms. The zero-order valence-corrected chi connectivity index (χ0v) is 16.9. The molecule has 6 nitrogen and oxygen atoms in total. The second-order valence-electron chi connectivity index (χ2n) is 8.32. The standard InChI is InChI=1S/C20H25FN2O4S/c1-12-7-14-8-16(21)3-4-18(14)13(2)23(12)20(25)15-9-19(24)22(10-15)17-5-6-28(26,27)11-17/h3-4,8,12-13,15,17H,5-7,9-11H2,1-2H3. The molecule has 2 amide bonds. The van der Waals surface area contributed by atoms with Crippen LogP contribution < -0.4 is 0 Å². The minimum Gasteiger partial charge on any atom is -0.338 e. The number of carbonyl (C=O) groups is 2. The first-order chi connectivity index (χ1) is 13.2. The highest BCUT2D eigenvalue weighted by atomic mass is 32.2. The molecule has 4 rings (SSSR count). The van der Waals surface area contributed by atoms with Crippen LogP contribution in [0.2, 0.25) is 0 Å². The predicted molar refractivity (Wildman–Crippen MR) is 102 cm³/mol. The van der Waals surface area contributed by atoms with Gasteiger partial charge >= 0.3 is 0 Å². The second-order valence-corrected chi connectivity index (χ2v) is 10.6. The van der Waals surface area contributed by atoms with Crippen LogP contribution in [-0.4, -0.2) is 60.2 Å². The Balaban J connectivity index is 1.52. The van der Waals surface area contributed by atoms with E-state index >= 15 is 0 Å². The number of likely N-dealkylation sites (tertiary alicyclic amines) is 1. The number of sulfone groups is 1. The molecule has 1 aromatic rings. The summed E-state index contributed by atoms with van der Waals surface area (Å²) in [5, 5.41) is 0. The first-order valence-electron chi connectivity index (χ1n) is 9.76. The van der Waals surface area contributed by atoms with Gasteiger partial charge in [-0.25, -0.2) is 12.8 Å². The molecule has 3 heterocycles. The van der Waals surface area contributed by atoms with Crippen LogP contribution in [0.25, 0.3) is 0 Å². The Labute approximate surface area is 164 Å². The van der Waals surface area contributed by atoms with Crippen molar-refractivity contribution in [1.29, 1.82) is 0 Å². The molecule has 2 saturated heterocycles. The number of fused-ring (bicyclic) bond motifs is 1. The van der Waals surface area contributed by atoms with Gasteiger partial charge in [-0.3, -0.25) is 9.59 Å². The van der Waals surface area contributed by atoms with Crippen LogP contribution in [-0.2, 0) is 25.8 Å². The van der Waals surface area contributed by atoms with Crippen molar-refractivity contribution >= 4 is 21.7 Å². The minimum atomic E-state index is -3.09. The average molecular weight is 408 g/mol. The van der Waals surface area contributed by atoms with Crippen LogP contribution in [0.3, 0.4) is 0 Å². The molecule has 152 valence electrons. The van der Waals surface area contributed by atoms with Crippen molar-refractivity contribution in [2.45, 2.75) is 51.2 Å². The molecule has 0 N–H and O–H groups in total. The molecule has 28 heavy (non-hydrogen) atoms. The van der Waals surface area contributed by atoms with E-state index in [1.807, 2.05) is 18.7 Å². The van der Waals surface area contributed by atoms with Gasteiger partial charge in [0.2, 0.25) is 11.8 Å². The number of amides is 2. The van der Waals surface area contributed by atoms with E-state index in [-0.39, 0.29) is 60.2 Å². The van der Waals surface area contributed by atoms with Crippen LogP contribution in [0, 0.1) is 11.7 Å². The van der Waals surface area contributed by atoms with E-state index < -0.39 is 15.8 Å². The van der Waals surface area contributed by atoms with Gasteiger partial charge in [0.1, 0.15) is 5.82 Å². The molecule has 3 aliphatic heterocycles. The third kappa shape index (κ3) is 3.32. The maximum Gasteiger partial charge on any atom is 0.228 e. The molecular formula is C20H25FN2O4S. The molecule has 3 aliphatic rings. The monoisotopic (exact) mass is 408 g/mol. The number of carbonyl (C=O) groups excluding carboxylic acids is 2. The van der Waals surface area contributed by atoms with Gasteiger partial charge in [0, 0.05) is 25.0 Å². The first-order valence-corrected chi connectivity index (χ1v) is 11.6. The first kappa shape index (κ1) is 19.4. The Bertz CT molecular complexity index is 932. The fourth-order valence-corrected chi connectivity index (χ4v) is 6.73. The number of halogens is 1. The van der Waals surface area contributed by atoms with Crippen molar-refractivity contribution in [3.8, 4) is 0 Å². The van der Waals surface area contributed by atoms with Crippen molar-refractivity contribution in [3.05, 3.63) is 35.1 Å². The van der Waals surface area contributed by atoms with Gasteiger partial charge in [-0.2, -0.15) is 0 Å². The van der Waals surface area contributed by atoms with Crippen LogP contribution in [0.5, 0.6) is 0 Å². The lowest BCUT2D eigenvalue weighted by molar-refractivity contribution is -0.140. The van der Waals surface area contributed by atoms with Crippen LogP contribution in [0.4, 0.5) is 4.39 Å². The fourth-order valence-electron chi connectivity index (χ4n) is 5.00. The molecule has 0 aromatic heterocycles. The molecular weight excluding hydrogens is 383 g/mol. The maximum absolute atomic E-state index is 13.6. The number of hydrogen-bond acceptors (Lipinski definition) is 4. The lowest BCUT2D eigenvalue weighted by Crippen LogP contribution is -2.48. The number of hydrogen-bond donors (Lipinski definition) is 0. The van der Waals surface area contributed by atoms with Gasteiger partial charge in [-0.1, -0.05) is 6.07 Å².